The smallest absolute Gasteiger partial charge is 0.422 e. The molecule has 0 spiro atoms. The van der Waals surface area contributed by atoms with Gasteiger partial charge in [0.2, 0.25) is 0 Å². The number of hydrogen-bond acceptors (Lipinski definition) is 6. The van der Waals surface area contributed by atoms with E-state index in [9.17, 15) is 31.7 Å². The number of nitro benzene ring substituents is 1. The lowest BCUT2D eigenvalue weighted by Gasteiger charge is -2.16. The Labute approximate surface area is 162 Å². The van der Waals surface area contributed by atoms with Crippen molar-refractivity contribution in [2.24, 2.45) is 0 Å². The van der Waals surface area contributed by atoms with Crippen LogP contribution >= 0.6 is 11.6 Å². The van der Waals surface area contributed by atoms with Crippen LogP contribution in [0.1, 0.15) is 0 Å². The molecule has 0 radical (unpaired) electrons. The molecule has 0 aliphatic rings. The number of nitrogens with zero attached hydrogens (tertiary/aromatic N) is 1. The van der Waals surface area contributed by atoms with Crippen LogP contribution in [0.5, 0.6) is 11.5 Å². The van der Waals surface area contributed by atoms with Crippen molar-refractivity contribution in [2.45, 2.75) is 11.1 Å². The Morgan fingerprint density at radius 1 is 1.18 bits per heavy atom. The van der Waals surface area contributed by atoms with Crippen molar-refractivity contribution < 1.29 is 36.0 Å². The Hall–Kier alpha value is -2.73. The fourth-order valence-electron chi connectivity index (χ4n) is 2.06. The van der Waals surface area contributed by atoms with Crippen molar-refractivity contribution in [3.8, 4) is 11.5 Å². The van der Waals surface area contributed by atoms with Crippen LogP contribution in [0.2, 0.25) is 5.02 Å². The maximum absolute atomic E-state index is 12.7. The molecule has 0 unspecified atom stereocenters. The molecule has 0 heterocycles. The molecule has 0 aliphatic carbocycles. The van der Waals surface area contributed by atoms with Crippen LogP contribution in [0.4, 0.5) is 24.5 Å². The number of methoxy groups -OCH3 is 1. The molecule has 0 saturated heterocycles. The topological polar surface area (TPSA) is 108 Å². The molecule has 0 saturated carbocycles. The maximum Gasteiger partial charge on any atom is 0.422 e. The summed E-state index contributed by atoms with van der Waals surface area (Å²) in [6, 6.07) is 6.16. The number of hydrogen-bond donors (Lipinski definition) is 1. The third-order valence-corrected chi connectivity index (χ3v) is 4.85. The molecule has 2 rings (SSSR count). The fourth-order valence-corrected chi connectivity index (χ4v) is 3.48. The third-order valence-electron chi connectivity index (χ3n) is 3.22. The molecule has 0 bridgehead atoms. The molecule has 2 aromatic rings. The van der Waals surface area contributed by atoms with Gasteiger partial charge in [-0.15, -0.1) is 0 Å². The predicted molar refractivity (Wildman–Crippen MR) is 93.5 cm³/mol. The van der Waals surface area contributed by atoms with Gasteiger partial charge in [0.1, 0.15) is 16.4 Å². The lowest BCUT2D eigenvalue weighted by molar-refractivity contribution is -0.385. The van der Waals surface area contributed by atoms with E-state index in [0.717, 1.165) is 37.4 Å². The van der Waals surface area contributed by atoms with Crippen LogP contribution in [-0.4, -0.2) is 33.2 Å². The van der Waals surface area contributed by atoms with Crippen LogP contribution in [0.3, 0.4) is 0 Å². The van der Waals surface area contributed by atoms with Crippen molar-refractivity contribution in [1.29, 1.82) is 0 Å². The highest BCUT2D eigenvalue weighted by Gasteiger charge is 2.30. The van der Waals surface area contributed by atoms with Crippen LogP contribution in [-0.2, 0) is 10.0 Å². The summed E-state index contributed by atoms with van der Waals surface area (Å²) in [5.74, 6) is -0.646. The summed E-state index contributed by atoms with van der Waals surface area (Å²) in [6.45, 7) is -1.66. The van der Waals surface area contributed by atoms with E-state index in [1.165, 1.54) is 6.07 Å². The van der Waals surface area contributed by atoms with E-state index in [0.29, 0.717) is 0 Å². The van der Waals surface area contributed by atoms with Gasteiger partial charge < -0.3 is 9.47 Å². The largest absolute Gasteiger partial charge is 0.495 e. The number of halogens is 4. The maximum atomic E-state index is 12.7. The average Bonchev–Trinajstić information content (AvgIpc) is 2.59. The molecule has 0 atom stereocenters. The number of alkyl halides is 3. The zero-order valence-electron chi connectivity index (χ0n) is 14.0. The first kappa shape index (κ1) is 21.6. The second-order valence-electron chi connectivity index (χ2n) is 5.24. The molecule has 0 fully saturated rings. The van der Waals surface area contributed by atoms with Gasteiger partial charge in [-0.25, -0.2) is 8.42 Å². The first-order valence-electron chi connectivity index (χ1n) is 7.27. The van der Waals surface area contributed by atoms with E-state index in [4.69, 9.17) is 16.3 Å². The Bertz CT molecular complexity index is 998. The SMILES string of the molecule is COc1ccc([N+](=O)[O-])cc1S(=O)(=O)Nc1cc(Cl)ccc1OCC(F)(F)F. The minimum absolute atomic E-state index is 0.0167. The predicted octanol–water partition coefficient (Wildman–Crippen LogP) is 4.00. The molecule has 8 nitrogen and oxygen atoms in total. The second-order valence-corrected chi connectivity index (χ2v) is 7.33. The number of anilines is 1. The van der Waals surface area contributed by atoms with Gasteiger partial charge in [-0.1, -0.05) is 11.6 Å². The Morgan fingerprint density at radius 3 is 2.39 bits per heavy atom. The van der Waals surface area contributed by atoms with Crippen molar-refractivity contribution in [3.05, 3.63) is 51.5 Å². The highest BCUT2D eigenvalue weighted by Crippen LogP contribution is 2.34. The van der Waals surface area contributed by atoms with Crippen molar-refractivity contribution in [1.82, 2.24) is 0 Å². The minimum atomic E-state index is -4.65. The average molecular weight is 441 g/mol. The number of sulfonamides is 1. The molecular formula is C15H12ClF3N2O6S. The highest BCUT2D eigenvalue weighted by molar-refractivity contribution is 7.92. The highest BCUT2D eigenvalue weighted by atomic mass is 35.5. The summed E-state index contributed by atoms with van der Waals surface area (Å²) >= 11 is 5.78. The number of nitro groups is 1. The van der Waals surface area contributed by atoms with Gasteiger partial charge in [-0.2, -0.15) is 13.2 Å². The molecule has 0 amide bonds. The zero-order valence-corrected chi connectivity index (χ0v) is 15.6. The van der Waals surface area contributed by atoms with E-state index < -0.39 is 44.1 Å². The first-order chi connectivity index (χ1) is 12.9. The zero-order chi connectivity index (χ0) is 21.1. The monoisotopic (exact) mass is 440 g/mol. The fraction of sp³-hybridized carbons (Fsp3) is 0.200. The van der Waals surface area contributed by atoms with Gasteiger partial charge in [0.15, 0.2) is 6.61 Å². The van der Waals surface area contributed by atoms with E-state index >= 15 is 0 Å². The summed E-state index contributed by atoms with van der Waals surface area (Å²) in [7, 11) is -3.35. The van der Waals surface area contributed by atoms with Crippen molar-refractivity contribution in [2.75, 3.05) is 18.4 Å². The number of benzene rings is 2. The second kappa shape index (κ2) is 8.10. The number of nitrogens with one attached hydrogen (secondary N) is 1. The van der Waals surface area contributed by atoms with Gasteiger partial charge in [0.25, 0.3) is 15.7 Å². The van der Waals surface area contributed by atoms with Gasteiger partial charge >= 0.3 is 6.18 Å². The Balaban J connectivity index is 2.46. The van der Waals surface area contributed by atoms with E-state index in [2.05, 4.69) is 4.74 Å². The quantitative estimate of drug-likeness (QED) is 0.515. The van der Waals surface area contributed by atoms with Crippen LogP contribution < -0.4 is 14.2 Å². The van der Waals surface area contributed by atoms with Crippen molar-refractivity contribution in [3.63, 3.8) is 0 Å². The van der Waals surface area contributed by atoms with E-state index in [1.54, 1.807) is 0 Å². The molecule has 0 aliphatic heterocycles. The van der Waals surface area contributed by atoms with Crippen LogP contribution in [0.15, 0.2) is 41.3 Å². The summed E-state index contributed by atoms with van der Waals surface area (Å²) < 4.78 is 74.1. The number of rotatable bonds is 7. The Morgan fingerprint density at radius 2 is 1.82 bits per heavy atom. The van der Waals surface area contributed by atoms with Gasteiger partial charge in [-0.05, 0) is 24.3 Å². The molecule has 152 valence electrons. The summed E-state index contributed by atoms with van der Waals surface area (Å²) in [6.07, 6.45) is -4.65. The summed E-state index contributed by atoms with van der Waals surface area (Å²) in [4.78, 5) is 9.52. The molecular weight excluding hydrogens is 429 g/mol. The molecule has 2 aromatic carbocycles. The Kier molecular flexibility index (Phi) is 6.24. The molecule has 28 heavy (non-hydrogen) atoms. The van der Waals surface area contributed by atoms with E-state index in [1.807, 2.05) is 4.72 Å². The minimum Gasteiger partial charge on any atom is -0.495 e. The lowest BCUT2D eigenvalue weighted by atomic mass is 10.3. The standard InChI is InChI=1S/C15H12ClF3N2O6S/c1-26-13-5-3-10(21(22)23)7-14(13)28(24,25)20-11-6-9(16)2-4-12(11)27-8-15(17,18)19/h2-7,20H,8H2,1H3. The third kappa shape index (κ3) is 5.39. The molecule has 0 aromatic heterocycles. The summed E-state index contributed by atoms with van der Waals surface area (Å²) in [5.41, 5.74) is -0.911. The number of ether oxygens (including phenoxy) is 2. The van der Waals surface area contributed by atoms with Crippen molar-refractivity contribution >= 4 is 33.0 Å². The molecule has 1 N–H and O–H groups in total. The normalized spacial score (nSPS) is 11.8. The summed E-state index contributed by atoms with van der Waals surface area (Å²) in [5, 5.41) is 10.9. The first-order valence-corrected chi connectivity index (χ1v) is 9.13. The molecule has 13 heteroatoms. The van der Waals surface area contributed by atoms with E-state index in [-0.39, 0.29) is 16.5 Å². The van der Waals surface area contributed by atoms with Crippen LogP contribution in [0, 0.1) is 10.1 Å². The van der Waals surface area contributed by atoms with Crippen LogP contribution in [0.25, 0.3) is 0 Å². The number of non-ortho nitro benzene ring substituents is 1. The van der Waals surface area contributed by atoms with Gasteiger partial charge in [0, 0.05) is 17.2 Å². The van der Waals surface area contributed by atoms with Gasteiger partial charge in [0.05, 0.1) is 17.7 Å². The lowest BCUT2D eigenvalue weighted by Crippen LogP contribution is -2.20. The van der Waals surface area contributed by atoms with Gasteiger partial charge in [-0.3, -0.25) is 14.8 Å².